The lowest BCUT2D eigenvalue weighted by Gasteiger charge is -2.33. The number of rotatable bonds is 7. The Balaban J connectivity index is 1.37. The molecule has 180 valence electrons. The molecule has 2 aromatic heterocycles. The van der Waals surface area contributed by atoms with Crippen LogP contribution in [-0.4, -0.2) is 53.0 Å². The summed E-state index contributed by atoms with van der Waals surface area (Å²) in [7, 11) is 1.57. The second-order valence-electron chi connectivity index (χ2n) is 8.89. The number of thiazole rings is 1. The molecule has 1 aliphatic heterocycles. The van der Waals surface area contributed by atoms with Gasteiger partial charge in [-0.15, -0.1) is 11.3 Å². The molecule has 0 saturated carbocycles. The van der Waals surface area contributed by atoms with Gasteiger partial charge in [0.25, 0.3) is 5.91 Å². The topological polar surface area (TPSA) is 96.5 Å². The molecule has 34 heavy (non-hydrogen) atoms. The lowest BCUT2D eigenvalue weighted by atomic mass is 9.94. The number of aromatic nitrogens is 2. The van der Waals surface area contributed by atoms with E-state index in [1.54, 1.807) is 36.7 Å². The fraction of sp³-hybridized carbons (Fsp3) is 0.440. The number of hydrogen-bond acceptors (Lipinski definition) is 6. The fourth-order valence-electron chi connectivity index (χ4n) is 4.14. The van der Waals surface area contributed by atoms with E-state index < -0.39 is 0 Å². The normalized spacial score (nSPS) is 16.0. The van der Waals surface area contributed by atoms with Crippen LogP contribution in [0.2, 0.25) is 0 Å². The lowest BCUT2D eigenvalue weighted by molar-refractivity contribution is 0.0957. The Hall–Kier alpha value is -3.20. The molecule has 1 fully saturated rings. The van der Waals surface area contributed by atoms with E-state index in [1.165, 1.54) is 0 Å². The monoisotopic (exact) mass is 481 g/mol. The van der Waals surface area contributed by atoms with Crippen molar-refractivity contribution < 1.29 is 14.3 Å². The van der Waals surface area contributed by atoms with Gasteiger partial charge in [-0.1, -0.05) is 0 Å². The van der Waals surface area contributed by atoms with Gasteiger partial charge in [-0.3, -0.25) is 9.78 Å². The van der Waals surface area contributed by atoms with Crippen molar-refractivity contribution in [2.24, 2.45) is 5.92 Å². The molecule has 0 aliphatic carbocycles. The number of nitrogens with one attached hydrogen (secondary N) is 2. The summed E-state index contributed by atoms with van der Waals surface area (Å²) in [5, 5.41) is 6.66. The van der Waals surface area contributed by atoms with Crippen LogP contribution < -0.4 is 15.4 Å². The van der Waals surface area contributed by atoms with Crippen LogP contribution in [-0.2, 0) is 6.42 Å². The van der Waals surface area contributed by atoms with E-state index in [4.69, 9.17) is 9.72 Å². The van der Waals surface area contributed by atoms with Gasteiger partial charge >= 0.3 is 6.03 Å². The summed E-state index contributed by atoms with van der Waals surface area (Å²) in [6.45, 7) is 5.62. The van der Waals surface area contributed by atoms with Crippen molar-refractivity contribution in [3.63, 3.8) is 0 Å². The molecule has 1 atom stereocenters. The summed E-state index contributed by atoms with van der Waals surface area (Å²) in [6.07, 6.45) is 5.68. The Bertz CT molecular complexity index is 1160. The first-order valence-corrected chi connectivity index (χ1v) is 12.5. The first-order chi connectivity index (χ1) is 16.4. The first kappa shape index (κ1) is 23.9. The second-order valence-corrected chi connectivity index (χ2v) is 10.0. The molecular formula is C25H31N5O3S. The molecule has 0 radical (unpaired) electrons. The van der Waals surface area contributed by atoms with Crippen LogP contribution in [0.4, 0.5) is 4.79 Å². The number of likely N-dealkylation sites (tertiary alicyclic amines) is 1. The molecular weight excluding hydrogens is 450 g/mol. The van der Waals surface area contributed by atoms with E-state index >= 15 is 0 Å². The Kier molecular flexibility index (Phi) is 7.62. The van der Waals surface area contributed by atoms with Crippen molar-refractivity contribution in [2.45, 2.75) is 45.6 Å². The lowest BCUT2D eigenvalue weighted by Crippen LogP contribution is -2.47. The van der Waals surface area contributed by atoms with Gasteiger partial charge in [0.1, 0.15) is 17.2 Å². The summed E-state index contributed by atoms with van der Waals surface area (Å²) in [5.41, 5.74) is 1.26. The van der Waals surface area contributed by atoms with Crippen LogP contribution in [0, 0.1) is 5.92 Å². The molecule has 0 spiro atoms. The number of hydrogen-bond donors (Lipinski definition) is 2. The van der Waals surface area contributed by atoms with Crippen molar-refractivity contribution in [2.75, 3.05) is 20.1 Å². The summed E-state index contributed by atoms with van der Waals surface area (Å²) in [4.78, 5) is 35.0. The molecule has 3 aromatic rings. The van der Waals surface area contributed by atoms with Crippen molar-refractivity contribution in [1.29, 1.82) is 0 Å². The Morgan fingerprint density at radius 1 is 1.24 bits per heavy atom. The minimum Gasteiger partial charge on any atom is -0.457 e. The van der Waals surface area contributed by atoms with Gasteiger partial charge in [0, 0.05) is 44.5 Å². The maximum atomic E-state index is 12.3. The van der Waals surface area contributed by atoms with Gasteiger partial charge in [-0.05, 0) is 63.6 Å². The number of pyridine rings is 1. The van der Waals surface area contributed by atoms with Gasteiger partial charge in [-0.2, -0.15) is 0 Å². The highest BCUT2D eigenvalue weighted by Gasteiger charge is 2.24. The zero-order chi connectivity index (χ0) is 24.1. The van der Waals surface area contributed by atoms with Crippen LogP contribution in [0.3, 0.4) is 0 Å². The van der Waals surface area contributed by atoms with Crippen molar-refractivity contribution >= 4 is 33.5 Å². The van der Waals surface area contributed by atoms with E-state index in [0.717, 1.165) is 54.0 Å². The molecule has 3 heterocycles. The Morgan fingerprint density at radius 2 is 2.06 bits per heavy atom. The summed E-state index contributed by atoms with van der Waals surface area (Å²) in [6, 6.07) is 9.38. The van der Waals surface area contributed by atoms with Crippen molar-refractivity contribution in [3.05, 3.63) is 47.2 Å². The SMILES string of the molecule is CNC(=O)c1cc(Oc2ccc3nc(CCC4CCCN(C(=O)NC(C)C)C4)sc3c2)ccn1. The van der Waals surface area contributed by atoms with E-state index in [9.17, 15) is 9.59 Å². The Morgan fingerprint density at radius 3 is 2.85 bits per heavy atom. The number of benzene rings is 1. The van der Waals surface area contributed by atoms with E-state index in [1.807, 2.05) is 36.9 Å². The Labute approximate surface area is 203 Å². The first-order valence-electron chi connectivity index (χ1n) is 11.7. The smallest absolute Gasteiger partial charge is 0.317 e. The number of piperidine rings is 1. The molecule has 4 rings (SSSR count). The van der Waals surface area contributed by atoms with E-state index in [2.05, 4.69) is 15.6 Å². The minimum absolute atomic E-state index is 0.0452. The van der Waals surface area contributed by atoms with Crippen LogP contribution >= 0.6 is 11.3 Å². The number of fused-ring (bicyclic) bond motifs is 1. The van der Waals surface area contributed by atoms with Crippen LogP contribution in [0.5, 0.6) is 11.5 Å². The maximum absolute atomic E-state index is 12.3. The molecule has 9 heteroatoms. The van der Waals surface area contributed by atoms with Gasteiger partial charge in [0.15, 0.2) is 0 Å². The third-order valence-corrected chi connectivity index (χ3v) is 6.89. The van der Waals surface area contributed by atoms with E-state index in [-0.39, 0.29) is 18.0 Å². The van der Waals surface area contributed by atoms with Gasteiger partial charge in [-0.25, -0.2) is 9.78 Å². The zero-order valence-electron chi connectivity index (χ0n) is 19.8. The average Bonchev–Trinajstić information content (AvgIpc) is 3.24. The van der Waals surface area contributed by atoms with Gasteiger partial charge in [0.2, 0.25) is 0 Å². The zero-order valence-corrected chi connectivity index (χ0v) is 20.7. The highest BCUT2D eigenvalue weighted by molar-refractivity contribution is 7.18. The summed E-state index contributed by atoms with van der Waals surface area (Å²) in [5.74, 6) is 1.49. The minimum atomic E-state index is -0.255. The standard InChI is InChI=1S/C25H31N5O3S/c1-16(2)28-25(32)30-12-4-5-17(15-30)6-9-23-29-20-8-7-18(14-22(20)34-23)33-19-10-11-27-21(13-19)24(31)26-3/h7-8,10-11,13-14,16-17H,4-6,9,12,15H2,1-3H3,(H,26,31)(H,28,32). The van der Waals surface area contributed by atoms with Crippen molar-refractivity contribution in [3.8, 4) is 11.5 Å². The fourth-order valence-corrected chi connectivity index (χ4v) is 5.15. The number of aryl methyl sites for hydroxylation is 1. The third kappa shape index (κ3) is 6.02. The molecule has 8 nitrogen and oxygen atoms in total. The molecule has 1 aromatic carbocycles. The number of carbonyl (C=O) groups is 2. The quantitative estimate of drug-likeness (QED) is 0.514. The molecule has 1 saturated heterocycles. The molecule has 2 N–H and O–H groups in total. The highest BCUT2D eigenvalue weighted by Crippen LogP contribution is 2.31. The number of amides is 3. The number of ether oxygens (including phenoxy) is 1. The maximum Gasteiger partial charge on any atom is 0.317 e. The van der Waals surface area contributed by atoms with Crippen LogP contribution in [0.15, 0.2) is 36.5 Å². The number of carbonyl (C=O) groups excluding carboxylic acids is 2. The van der Waals surface area contributed by atoms with E-state index in [0.29, 0.717) is 23.1 Å². The van der Waals surface area contributed by atoms with Crippen molar-refractivity contribution in [1.82, 2.24) is 25.5 Å². The number of nitrogens with zero attached hydrogens (tertiary/aromatic N) is 3. The molecule has 1 aliphatic rings. The molecule has 3 amide bonds. The third-order valence-electron chi connectivity index (χ3n) is 5.82. The predicted octanol–water partition coefficient (Wildman–Crippen LogP) is 4.61. The predicted molar refractivity (Wildman–Crippen MR) is 134 cm³/mol. The molecule has 0 bridgehead atoms. The van der Waals surface area contributed by atoms with Gasteiger partial charge < -0.3 is 20.3 Å². The average molecular weight is 482 g/mol. The van der Waals surface area contributed by atoms with Gasteiger partial charge in [0.05, 0.1) is 15.2 Å². The summed E-state index contributed by atoms with van der Waals surface area (Å²) < 4.78 is 7.03. The van der Waals surface area contributed by atoms with Crippen LogP contribution in [0.1, 0.15) is 48.6 Å². The largest absolute Gasteiger partial charge is 0.457 e. The van der Waals surface area contributed by atoms with Crippen LogP contribution in [0.25, 0.3) is 10.2 Å². The second kappa shape index (κ2) is 10.8. The molecule has 1 unspecified atom stereocenters. The highest BCUT2D eigenvalue weighted by atomic mass is 32.1. The number of urea groups is 1. The summed E-state index contributed by atoms with van der Waals surface area (Å²) >= 11 is 1.68.